The molecule has 1 saturated carbocycles. The first-order valence-corrected chi connectivity index (χ1v) is 7.19. The molecule has 20 heavy (non-hydrogen) atoms. The summed E-state index contributed by atoms with van der Waals surface area (Å²) in [6, 6.07) is 11.6. The van der Waals surface area contributed by atoms with Crippen LogP contribution in [0.4, 0.5) is 4.39 Å². The van der Waals surface area contributed by atoms with Crippen molar-refractivity contribution in [2.75, 3.05) is 6.54 Å². The SMILES string of the molecule is Fc1ccc(C2CC(NCCc3cccnc3)C2)cc1. The summed E-state index contributed by atoms with van der Waals surface area (Å²) in [7, 11) is 0. The molecule has 2 nitrogen and oxygen atoms in total. The molecular weight excluding hydrogens is 251 g/mol. The Morgan fingerprint density at radius 1 is 1.15 bits per heavy atom. The van der Waals surface area contributed by atoms with Gasteiger partial charge >= 0.3 is 0 Å². The Morgan fingerprint density at radius 2 is 1.95 bits per heavy atom. The zero-order chi connectivity index (χ0) is 13.8. The van der Waals surface area contributed by atoms with Crippen LogP contribution in [0.15, 0.2) is 48.8 Å². The molecule has 104 valence electrons. The number of hydrogen-bond acceptors (Lipinski definition) is 2. The molecule has 0 spiro atoms. The molecule has 1 N–H and O–H groups in total. The highest BCUT2D eigenvalue weighted by Gasteiger charge is 2.29. The maximum Gasteiger partial charge on any atom is 0.123 e. The molecule has 0 atom stereocenters. The Balaban J connectivity index is 1.39. The lowest BCUT2D eigenvalue weighted by Gasteiger charge is -2.36. The van der Waals surface area contributed by atoms with E-state index in [1.54, 1.807) is 18.3 Å². The molecule has 1 heterocycles. The third-order valence-corrected chi connectivity index (χ3v) is 4.05. The second-order valence-electron chi connectivity index (χ2n) is 5.48. The minimum Gasteiger partial charge on any atom is -0.314 e. The second-order valence-corrected chi connectivity index (χ2v) is 5.48. The van der Waals surface area contributed by atoms with Crippen LogP contribution in [0.1, 0.15) is 29.9 Å². The first-order chi connectivity index (χ1) is 9.81. The van der Waals surface area contributed by atoms with E-state index < -0.39 is 0 Å². The minimum absolute atomic E-state index is 0.154. The number of rotatable bonds is 5. The van der Waals surface area contributed by atoms with Gasteiger partial charge < -0.3 is 5.32 Å². The molecule has 0 amide bonds. The smallest absolute Gasteiger partial charge is 0.123 e. The largest absolute Gasteiger partial charge is 0.314 e. The first-order valence-electron chi connectivity index (χ1n) is 7.19. The van der Waals surface area contributed by atoms with Gasteiger partial charge in [-0.15, -0.1) is 0 Å². The van der Waals surface area contributed by atoms with Crippen LogP contribution in [0.3, 0.4) is 0 Å². The Morgan fingerprint density at radius 3 is 2.65 bits per heavy atom. The molecule has 3 rings (SSSR count). The van der Waals surface area contributed by atoms with Gasteiger partial charge in [0, 0.05) is 18.4 Å². The highest BCUT2D eigenvalue weighted by molar-refractivity contribution is 5.23. The molecule has 3 heteroatoms. The molecule has 0 unspecified atom stereocenters. The number of benzene rings is 1. The maximum absolute atomic E-state index is 12.9. The standard InChI is InChI=1S/C17H19FN2/c18-16-5-3-14(4-6-16)15-10-17(11-15)20-9-7-13-2-1-8-19-12-13/h1-6,8,12,15,17,20H,7,9-11H2. The molecule has 1 aliphatic rings. The van der Waals surface area contributed by atoms with E-state index in [0.29, 0.717) is 12.0 Å². The van der Waals surface area contributed by atoms with Gasteiger partial charge in [-0.25, -0.2) is 4.39 Å². The summed E-state index contributed by atoms with van der Waals surface area (Å²) < 4.78 is 12.9. The van der Waals surface area contributed by atoms with Crippen LogP contribution in [0, 0.1) is 5.82 Å². The average molecular weight is 270 g/mol. The zero-order valence-corrected chi connectivity index (χ0v) is 11.4. The summed E-state index contributed by atoms with van der Waals surface area (Å²) in [4.78, 5) is 4.12. The van der Waals surface area contributed by atoms with Crippen LogP contribution in [0.2, 0.25) is 0 Å². The van der Waals surface area contributed by atoms with Gasteiger partial charge in [0.1, 0.15) is 5.82 Å². The van der Waals surface area contributed by atoms with E-state index in [1.807, 2.05) is 24.4 Å². The third-order valence-electron chi connectivity index (χ3n) is 4.05. The molecule has 2 aromatic rings. The zero-order valence-electron chi connectivity index (χ0n) is 11.4. The summed E-state index contributed by atoms with van der Waals surface area (Å²) in [6.45, 7) is 0.993. The van der Waals surface area contributed by atoms with E-state index in [2.05, 4.69) is 16.4 Å². The number of aromatic nitrogens is 1. The van der Waals surface area contributed by atoms with Crippen molar-refractivity contribution in [3.05, 3.63) is 65.7 Å². The average Bonchev–Trinajstić information content (AvgIpc) is 2.44. The van der Waals surface area contributed by atoms with Crippen molar-refractivity contribution in [3.8, 4) is 0 Å². The molecule has 1 aromatic carbocycles. The minimum atomic E-state index is -0.154. The van der Waals surface area contributed by atoms with Gasteiger partial charge in [-0.3, -0.25) is 4.98 Å². The van der Waals surface area contributed by atoms with Gasteiger partial charge in [0.15, 0.2) is 0 Å². The van der Waals surface area contributed by atoms with E-state index in [4.69, 9.17) is 0 Å². The number of nitrogens with one attached hydrogen (secondary N) is 1. The Labute approximate surface area is 119 Å². The lowest BCUT2D eigenvalue weighted by Crippen LogP contribution is -2.40. The summed E-state index contributed by atoms with van der Waals surface area (Å²) in [5.41, 5.74) is 2.53. The molecule has 0 aliphatic heterocycles. The van der Waals surface area contributed by atoms with Crippen LogP contribution in [-0.2, 0) is 6.42 Å². The molecule has 1 aromatic heterocycles. The lowest BCUT2D eigenvalue weighted by molar-refractivity contribution is 0.292. The van der Waals surface area contributed by atoms with E-state index in [0.717, 1.165) is 25.8 Å². The molecule has 0 bridgehead atoms. The molecular formula is C17H19FN2. The van der Waals surface area contributed by atoms with Crippen molar-refractivity contribution in [1.82, 2.24) is 10.3 Å². The van der Waals surface area contributed by atoms with Gasteiger partial charge in [-0.1, -0.05) is 18.2 Å². The second kappa shape index (κ2) is 6.14. The Kier molecular flexibility index (Phi) is 4.07. The number of hydrogen-bond donors (Lipinski definition) is 1. The van der Waals surface area contributed by atoms with Crippen molar-refractivity contribution >= 4 is 0 Å². The van der Waals surface area contributed by atoms with Crippen molar-refractivity contribution < 1.29 is 4.39 Å². The number of nitrogens with zero attached hydrogens (tertiary/aromatic N) is 1. The monoisotopic (exact) mass is 270 g/mol. The number of halogens is 1. The van der Waals surface area contributed by atoms with Crippen LogP contribution in [-0.4, -0.2) is 17.6 Å². The fraction of sp³-hybridized carbons (Fsp3) is 0.353. The molecule has 1 aliphatic carbocycles. The predicted molar refractivity (Wildman–Crippen MR) is 78.1 cm³/mol. The van der Waals surface area contributed by atoms with Crippen LogP contribution in [0.5, 0.6) is 0 Å². The Bertz CT molecular complexity index is 533. The highest BCUT2D eigenvalue weighted by Crippen LogP contribution is 2.36. The van der Waals surface area contributed by atoms with Crippen LogP contribution in [0.25, 0.3) is 0 Å². The topological polar surface area (TPSA) is 24.9 Å². The van der Waals surface area contributed by atoms with Gasteiger partial charge in [-0.05, 0) is 61.1 Å². The van der Waals surface area contributed by atoms with Crippen molar-refractivity contribution in [2.24, 2.45) is 0 Å². The fourth-order valence-corrected chi connectivity index (χ4v) is 2.76. The summed E-state index contributed by atoms with van der Waals surface area (Å²) >= 11 is 0. The van der Waals surface area contributed by atoms with Crippen LogP contribution >= 0.6 is 0 Å². The van der Waals surface area contributed by atoms with Gasteiger partial charge in [0.2, 0.25) is 0 Å². The van der Waals surface area contributed by atoms with E-state index in [1.165, 1.54) is 11.1 Å². The summed E-state index contributed by atoms with van der Waals surface area (Å²) in [6.07, 6.45) is 7.04. The van der Waals surface area contributed by atoms with E-state index >= 15 is 0 Å². The molecule has 1 fully saturated rings. The van der Waals surface area contributed by atoms with Crippen molar-refractivity contribution in [1.29, 1.82) is 0 Å². The van der Waals surface area contributed by atoms with Crippen LogP contribution < -0.4 is 5.32 Å². The first kappa shape index (κ1) is 13.3. The number of pyridine rings is 1. The quantitative estimate of drug-likeness (QED) is 0.901. The van der Waals surface area contributed by atoms with Crippen molar-refractivity contribution in [2.45, 2.75) is 31.2 Å². The summed E-state index contributed by atoms with van der Waals surface area (Å²) in [5, 5.41) is 3.58. The summed E-state index contributed by atoms with van der Waals surface area (Å²) in [5.74, 6) is 0.436. The third kappa shape index (κ3) is 3.23. The van der Waals surface area contributed by atoms with E-state index in [9.17, 15) is 4.39 Å². The van der Waals surface area contributed by atoms with Gasteiger partial charge in [-0.2, -0.15) is 0 Å². The molecule has 0 radical (unpaired) electrons. The normalized spacial score (nSPS) is 21.4. The fourth-order valence-electron chi connectivity index (χ4n) is 2.76. The van der Waals surface area contributed by atoms with E-state index in [-0.39, 0.29) is 5.82 Å². The molecule has 0 saturated heterocycles. The predicted octanol–water partition coefficient (Wildman–Crippen LogP) is 3.30. The van der Waals surface area contributed by atoms with Crippen molar-refractivity contribution in [3.63, 3.8) is 0 Å². The lowest BCUT2D eigenvalue weighted by atomic mass is 9.76. The van der Waals surface area contributed by atoms with Gasteiger partial charge in [0.05, 0.1) is 0 Å². The van der Waals surface area contributed by atoms with Gasteiger partial charge in [0.25, 0.3) is 0 Å². The maximum atomic E-state index is 12.9. The highest BCUT2D eigenvalue weighted by atomic mass is 19.1. The Hall–Kier alpha value is -1.74.